The summed E-state index contributed by atoms with van der Waals surface area (Å²) in [6.07, 6.45) is 7.94. The van der Waals surface area contributed by atoms with Crippen molar-refractivity contribution in [2.45, 2.75) is 54.7 Å². The van der Waals surface area contributed by atoms with Crippen LogP contribution in [0.1, 0.15) is 38.4 Å². The van der Waals surface area contributed by atoms with Gasteiger partial charge in [0.25, 0.3) is 0 Å². The standard InChI is InChI=1S/C17H24N6OS2/c1-3-13-7-4-5-10-23(13)15(24)12-26-17-21-20-14(22(17)2)11-25-16-18-8-6-9-19-16/h6,8-9,13H,3-5,7,10-12H2,1-2H3/t13-/m1/s1. The summed E-state index contributed by atoms with van der Waals surface area (Å²) < 4.78 is 1.95. The van der Waals surface area contributed by atoms with E-state index in [-0.39, 0.29) is 5.91 Å². The number of thioether (sulfide) groups is 2. The van der Waals surface area contributed by atoms with Crippen LogP contribution in [0, 0.1) is 0 Å². The molecule has 0 N–H and O–H groups in total. The van der Waals surface area contributed by atoms with E-state index < -0.39 is 0 Å². The quantitative estimate of drug-likeness (QED) is 0.530. The normalized spacial score (nSPS) is 17.5. The molecule has 1 aliphatic heterocycles. The van der Waals surface area contributed by atoms with Gasteiger partial charge in [-0.3, -0.25) is 4.79 Å². The lowest BCUT2D eigenvalue weighted by Gasteiger charge is -2.35. The van der Waals surface area contributed by atoms with Gasteiger partial charge in [-0.1, -0.05) is 30.4 Å². The topological polar surface area (TPSA) is 76.8 Å². The summed E-state index contributed by atoms with van der Waals surface area (Å²) in [7, 11) is 1.93. The molecule has 3 rings (SSSR count). The molecule has 26 heavy (non-hydrogen) atoms. The van der Waals surface area contributed by atoms with Crippen molar-refractivity contribution in [3.05, 3.63) is 24.3 Å². The number of hydrogen-bond acceptors (Lipinski definition) is 7. The molecule has 1 amide bonds. The Labute approximate surface area is 162 Å². The molecule has 7 nitrogen and oxygen atoms in total. The molecule has 1 fully saturated rings. The Morgan fingerprint density at radius 3 is 2.81 bits per heavy atom. The SMILES string of the molecule is CC[C@@H]1CCCCN1C(=O)CSc1nnc(CSc2ncccn2)n1C. The molecule has 0 spiro atoms. The zero-order valence-electron chi connectivity index (χ0n) is 15.2. The summed E-state index contributed by atoms with van der Waals surface area (Å²) in [5, 5.41) is 9.97. The number of piperidine rings is 1. The van der Waals surface area contributed by atoms with E-state index in [1.54, 1.807) is 18.5 Å². The van der Waals surface area contributed by atoms with Crippen molar-refractivity contribution in [1.29, 1.82) is 0 Å². The number of carbonyl (C=O) groups is 1. The number of amides is 1. The van der Waals surface area contributed by atoms with E-state index in [4.69, 9.17) is 0 Å². The van der Waals surface area contributed by atoms with Gasteiger partial charge in [0, 0.05) is 32.0 Å². The summed E-state index contributed by atoms with van der Waals surface area (Å²) in [6.45, 7) is 3.04. The van der Waals surface area contributed by atoms with Crippen LogP contribution in [-0.4, -0.2) is 53.9 Å². The first-order valence-corrected chi connectivity index (χ1v) is 10.9. The molecule has 0 radical (unpaired) electrons. The minimum absolute atomic E-state index is 0.207. The zero-order valence-corrected chi connectivity index (χ0v) is 16.8. The predicted octanol–water partition coefficient (Wildman–Crippen LogP) is 2.78. The van der Waals surface area contributed by atoms with Gasteiger partial charge in [-0.15, -0.1) is 10.2 Å². The van der Waals surface area contributed by atoms with Crippen LogP contribution < -0.4 is 0 Å². The molecule has 0 unspecified atom stereocenters. The summed E-state index contributed by atoms with van der Waals surface area (Å²) >= 11 is 2.98. The molecular weight excluding hydrogens is 368 g/mol. The molecule has 1 saturated heterocycles. The van der Waals surface area contributed by atoms with Crippen LogP contribution in [0.5, 0.6) is 0 Å². The van der Waals surface area contributed by atoms with Crippen molar-refractivity contribution in [3.8, 4) is 0 Å². The van der Waals surface area contributed by atoms with Gasteiger partial charge in [-0.2, -0.15) is 0 Å². The Balaban J connectivity index is 1.54. The van der Waals surface area contributed by atoms with Gasteiger partial charge in [-0.25, -0.2) is 9.97 Å². The molecule has 3 heterocycles. The van der Waals surface area contributed by atoms with Crippen molar-refractivity contribution in [2.24, 2.45) is 7.05 Å². The van der Waals surface area contributed by atoms with E-state index >= 15 is 0 Å². The Bertz CT molecular complexity index is 723. The minimum Gasteiger partial charge on any atom is -0.339 e. The average molecular weight is 393 g/mol. The van der Waals surface area contributed by atoms with Crippen LogP contribution in [0.25, 0.3) is 0 Å². The highest BCUT2D eigenvalue weighted by Crippen LogP contribution is 2.24. The highest BCUT2D eigenvalue weighted by molar-refractivity contribution is 7.99. The molecule has 2 aromatic rings. The van der Waals surface area contributed by atoms with Gasteiger partial charge in [0.05, 0.1) is 11.5 Å². The number of hydrogen-bond donors (Lipinski definition) is 0. The summed E-state index contributed by atoms with van der Waals surface area (Å²) in [4.78, 5) is 23.0. The number of likely N-dealkylation sites (tertiary alicyclic amines) is 1. The molecule has 9 heteroatoms. The van der Waals surface area contributed by atoms with Crippen LogP contribution >= 0.6 is 23.5 Å². The zero-order chi connectivity index (χ0) is 18.4. The average Bonchev–Trinajstić information content (AvgIpc) is 3.05. The van der Waals surface area contributed by atoms with Crippen LogP contribution in [0.15, 0.2) is 28.8 Å². The lowest BCUT2D eigenvalue weighted by atomic mass is 10.0. The molecule has 0 bridgehead atoms. The molecule has 2 aromatic heterocycles. The van der Waals surface area contributed by atoms with Crippen molar-refractivity contribution < 1.29 is 4.79 Å². The van der Waals surface area contributed by atoms with Gasteiger partial charge in [0.15, 0.2) is 10.3 Å². The van der Waals surface area contributed by atoms with Gasteiger partial charge >= 0.3 is 0 Å². The third-order valence-corrected chi connectivity index (χ3v) is 6.42. The fourth-order valence-corrected chi connectivity index (χ4v) is 4.64. The Morgan fingerprint density at radius 2 is 2.04 bits per heavy atom. The van der Waals surface area contributed by atoms with E-state index in [1.807, 2.05) is 11.6 Å². The molecule has 0 aliphatic carbocycles. The largest absolute Gasteiger partial charge is 0.339 e. The van der Waals surface area contributed by atoms with Crippen LogP contribution in [0.4, 0.5) is 0 Å². The van der Waals surface area contributed by atoms with Crippen molar-refractivity contribution in [1.82, 2.24) is 29.6 Å². The maximum atomic E-state index is 12.6. The van der Waals surface area contributed by atoms with E-state index in [2.05, 4.69) is 32.0 Å². The third-order valence-electron chi connectivity index (χ3n) is 4.54. The van der Waals surface area contributed by atoms with E-state index in [9.17, 15) is 4.79 Å². The Kier molecular flexibility index (Phi) is 6.90. The minimum atomic E-state index is 0.207. The second-order valence-corrected chi connectivity index (χ2v) is 8.10. The van der Waals surface area contributed by atoms with Crippen LogP contribution in [0.3, 0.4) is 0 Å². The third kappa shape index (κ3) is 4.76. The Morgan fingerprint density at radius 1 is 1.23 bits per heavy atom. The highest BCUT2D eigenvalue weighted by Gasteiger charge is 2.25. The highest BCUT2D eigenvalue weighted by atomic mass is 32.2. The van der Waals surface area contributed by atoms with Crippen molar-refractivity contribution in [2.75, 3.05) is 12.3 Å². The smallest absolute Gasteiger partial charge is 0.233 e. The van der Waals surface area contributed by atoms with Crippen LogP contribution in [0.2, 0.25) is 0 Å². The number of nitrogens with zero attached hydrogens (tertiary/aromatic N) is 6. The monoisotopic (exact) mass is 392 g/mol. The number of aromatic nitrogens is 5. The number of carbonyl (C=O) groups excluding carboxylic acids is 1. The summed E-state index contributed by atoms with van der Waals surface area (Å²) in [5.41, 5.74) is 0. The fraction of sp³-hybridized carbons (Fsp3) is 0.588. The van der Waals surface area contributed by atoms with Crippen molar-refractivity contribution in [3.63, 3.8) is 0 Å². The van der Waals surface area contributed by atoms with E-state index in [0.717, 1.165) is 41.9 Å². The lowest BCUT2D eigenvalue weighted by Crippen LogP contribution is -2.44. The molecule has 1 aliphatic rings. The molecule has 0 saturated carbocycles. The molecule has 1 atom stereocenters. The van der Waals surface area contributed by atoms with E-state index in [0.29, 0.717) is 17.5 Å². The summed E-state index contributed by atoms with van der Waals surface area (Å²) in [5.74, 6) is 2.11. The van der Waals surface area contributed by atoms with E-state index in [1.165, 1.54) is 29.9 Å². The molecule has 0 aromatic carbocycles. The first-order valence-electron chi connectivity index (χ1n) is 8.89. The maximum Gasteiger partial charge on any atom is 0.233 e. The fourth-order valence-electron chi connectivity index (χ4n) is 3.05. The first-order chi connectivity index (χ1) is 12.7. The lowest BCUT2D eigenvalue weighted by molar-refractivity contribution is -0.132. The Hall–Kier alpha value is -1.61. The van der Waals surface area contributed by atoms with Crippen LogP contribution in [-0.2, 0) is 17.6 Å². The second-order valence-electron chi connectivity index (χ2n) is 6.21. The maximum absolute atomic E-state index is 12.6. The second kappa shape index (κ2) is 9.36. The molecule has 140 valence electrons. The summed E-state index contributed by atoms with van der Waals surface area (Å²) in [6, 6.07) is 2.19. The van der Waals surface area contributed by atoms with Crippen molar-refractivity contribution >= 4 is 29.4 Å². The predicted molar refractivity (Wildman–Crippen MR) is 103 cm³/mol. The van der Waals surface area contributed by atoms with Gasteiger partial charge in [-0.05, 0) is 31.7 Å². The van der Waals surface area contributed by atoms with Gasteiger partial charge < -0.3 is 9.47 Å². The first kappa shape index (κ1) is 19.2. The molecular formula is C17H24N6OS2. The number of rotatable bonds is 7. The van der Waals surface area contributed by atoms with Gasteiger partial charge in [0.2, 0.25) is 5.91 Å². The van der Waals surface area contributed by atoms with Gasteiger partial charge in [0.1, 0.15) is 5.82 Å².